The molecule has 40 heavy (non-hydrogen) atoms. The summed E-state index contributed by atoms with van der Waals surface area (Å²) in [6.07, 6.45) is -1.21. The Morgan fingerprint density at radius 1 is 0.975 bits per heavy atom. The normalized spacial score (nSPS) is 17.9. The lowest BCUT2D eigenvalue weighted by Crippen LogP contribution is -2.47. The predicted molar refractivity (Wildman–Crippen MR) is 151 cm³/mol. The van der Waals surface area contributed by atoms with Crippen molar-refractivity contribution in [2.45, 2.75) is 37.9 Å². The van der Waals surface area contributed by atoms with Crippen LogP contribution in [0.5, 0.6) is 0 Å². The van der Waals surface area contributed by atoms with Gasteiger partial charge in [-0.1, -0.05) is 0 Å². The van der Waals surface area contributed by atoms with Crippen LogP contribution in [0.4, 0.5) is 24.5 Å². The average Bonchev–Trinajstić information content (AvgIpc) is 2.96. The molecule has 2 saturated heterocycles. The van der Waals surface area contributed by atoms with E-state index in [0.29, 0.717) is 18.3 Å². The molecular weight excluding hydrogens is 521 g/mol. The number of nitrogens with two attached hydrogens (primary N) is 1. The smallest absolute Gasteiger partial charge is 0.382 e. The van der Waals surface area contributed by atoms with Crippen molar-refractivity contribution in [3.05, 3.63) is 59.7 Å². The summed E-state index contributed by atoms with van der Waals surface area (Å²) in [5.41, 5.74) is 7.84. The summed E-state index contributed by atoms with van der Waals surface area (Å²) in [5.74, 6) is 0.509. The van der Waals surface area contributed by atoms with Crippen LogP contribution in [0.1, 0.15) is 36.8 Å². The lowest BCUT2D eigenvalue weighted by molar-refractivity contribution is -0.137. The SMILES string of the molecule is CN=N/N=C(\N)c1ccc(NC2CCN(C(=O)CCCN3CCN(c4ccc(C(F)(F)F)cc4)CC3)CC2)cc1. The molecule has 0 aromatic heterocycles. The maximum atomic E-state index is 12.8. The number of nitrogens with zero attached hydrogens (tertiary/aromatic N) is 6. The predicted octanol–water partition coefficient (Wildman–Crippen LogP) is 4.41. The molecule has 4 rings (SSSR count). The van der Waals surface area contributed by atoms with Crippen LogP contribution >= 0.6 is 0 Å². The summed E-state index contributed by atoms with van der Waals surface area (Å²) in [4.78, 5) is 19.2. The van der Waals surface area contributed by atoms with Gasteiger partial charge >= 0.3 is 6.18 Å². The van der Waals surface area contributed by atoms with E-state index >= 15 is 0 Å². The van der Waals surface area contributed by atoms with Crippen LogP contribution in [0.15, 0.2) is 64.0 Å². The minimum absolute atomic E-state index is 0.199. The second-order valence-electron chi connectivity index (χ2n) is 10.1. The fraction of sp³-hybridized carbons (Fsp3) is 0.500. The average molecular weight is 559 g/mol. The maximum Gasteiger partial charge on any atom is 0.416 e. The zero-order valence-electron chi connectivity index (χ0n) is 22.8. The molecule has 0 unspecified atom stereocenters. The standard InChI is InChI=1S/C28H37F3N8O/c1-33-36-35-27(32)21-4-8-23(9-5-21)34-24-12-15-39(16-13-24)26(40)3-2-14-37-17-19-38(20-18-37)25-10-6-22(7-11-25)28(29,30)31/h4-11,24,34H,2-3,12-20H2,1H3,(H2,32,33,35). The number of hydrogen-bond acceptors (Lipinski definition) is 6. The molecule has 2 aromatic carbocycles. The Balaban J connectivity index is 1.12. The molecule has 2 aliphatic rings. The molecule has 0 atom stereocenters. The van der Waals surface area contributed by atoms with Crippen LogP contribution in [0.3, 0.4) is 0 Å². The highest BCUT2D eigenvalue weighted by Gasteiger charge is 2.30. The van der Waals surface area contributed by atoms with Gasteiger partial charge in [-0.15, -0.1) is 5.10 Å². The summed E-state index contributed by atoms with van der Waals surface area (Å²) in [6.45, 7) is 5.50. The number of nitrogens with one attached hydrogen (secondary N) is 1. The summed E-state index contributed by atoms with van der Waals surface area (Å²) < 4.78 is 38.4. The Kier molecular flexibility index (Phi) is 9.97. The van der Waals surface area contributed by atoms with Gasteiger partial charge in [0, 0.05) is 68.7 Å². The van der Waals surface area contributed by atoms with Crippen molar-refractivity contribution in [2.75, 3.05) is 63.1 Å². The van der Waals surface area contributed by atoms with E-state index in [1.807, 2.05) is 29.2 Å². The highest BCUT2D eigenvalue weighted by molar-refractivity contribution is 5.97. The lowest BCUT2D eigenvalue weighted by Gasteiger charge is -2.36. The summed E-state index contributed by atoms with van der Waals surface area (Å²) in [7, 11) is 1.53. The van der Waals surface area contributed by atoms with E-state index in [-0.39, 0.29) is 5.91 Å². The van der Waals surface area contributed by atoms with Gasteiger partial charge in [0.05, 0.1) is 12.6 Å². The molecule has 1 amide bonds. The van der Waals surface area contributed by atoms with E-state index < -0.39 is 11.7 Å². The number of carbonyl (C=O) groups excluding carboxylic acids is 1. The Hall–Kier alpha value is -3.67. The van der Waals surface area contributed by atoms with Gasteiger partial charge in [-0.25, -0.2) is 0 Å². The van der Waals surface area contributed by atoms with Crippen molar-refractivity contribution >= 4 is 23.1 Å². The van der Waals surface area contributed by atoms with Crippen LogP contribution in [-0.4, -0.2) is 80.4 Å². The molecule has 2 fully saturated rings. The summed E-state index contributed by atoms with van der Waals surface area (Å²) in [5, 5.41) is 14.5. The van der Waals surface area contributed by atoms with E-state index in [0.717, 1.165) is 94.1 Å². The maximum absolute atomic E-state index is 12.8. The number of anilines is 2. The summed E-state index contributed by atoms with van der Waals surface area (Å²) >= 11 is 0. The Bertz CT molecular complexity index is 1150. The minimum Gasteiger partial charge on any atom is -0.382 e. The van der Waals surface area contributed by atoms with Crippen LogP contribution in [-0.2, 0) is 11.0 Å². The molecule has 0 aliphatic carbocycles. The van der Waals surface area contributed by atoms with E-state index in [2.05, 4.69) is 30.6 Å². The van der Waals surface area contributed by atoms with Gasteiger partial charge in [-0.05, 0) is 79.6 Å². The molecule has 3 N–H and O–H groups in total. The number of halogens is 3. The third kappa shape index (κ3) is 8.17. The van der Waals surface area contributed by atoms with Gasteiger partial charge in [0.1, 0.15) is 0 Å². The molecule has 12 heteroatoms. The Morgan fingerprint density at radius 3 is 2.23 bits per heavy atom. The van der Waals surface area contributed by atoms with Crippen LogP contribution in [0.2, 0.25) is 0 Å². The minimum atomic E-state index is -4.32. The quantitative estimate of drug-likeness (QED) is 0.206. The molecule has 0 spiro atoms. The van der Waals surface area contributed by atoms with Crippen LogP contribution < -0.4 is 16.0 Å². The van der Waals surface area contributed by atoms with Gasteiger partial charge in [-0.3, -0.25) is 9.69 Å². The molecule has 2 heterocycles. The third-order valence-electron chi connectivity index (χ3n) is 7.44. The molecule has 2 aromatic rings. The van der Waals surface area contributed by atoms with Crippen molar-refractivity contribution in [3.63, 3.8) is 0 Å². The zero-order valence-corrected chi connectivity index (χ0v) is 22.8. The first-order valence-corrected chi connectivity index (χ1v) is 13.6. The lowest BCUT2D eigenvalue weighted by atomic mass is 10.0. The van der Waals surface area contributed by atoms with Gasteiger partial charge in [0.2, 0.25) is 5.91 Å². The largest absolute Gasteiger partial charge is 0.416 e. The van der Waals surface area contributed by atoms with Crippen molar-refractivity contribution in [2.24, 2.45) is 21.2 Å². The van der Waals surface area contributed by atoms with Gasteiger partial charge < -0.3 is 20.9 Å². The molecule has 9 nitrogen and oxygen atoms in total. The first kappa shape index (κ1) is 29.3. The topological polar surface area (TPSA) is 102 Å². The second-order valence-corrected chi connectivity index (χ2v) is 10.1. The third-order valence-corrected chi connectivity index (χ3v) is 7.44. The number of piperazine rings is 1. The Morgan fingerprint density at radius 2 is 1.62 bits per heavy atom. The van der Waals surface area contributed by atoms with Gasteiger partial charge in [-0.2, -0.15) is 18.3 Å². The number of likely N-dealkylation sites (tertiary alicyclic amines) is 1. The molecule has 0 saturated carbocycles. The monoisotopic (exact) mass is 558 g/mol. The number of rotatable bonds is 9. The second kappa shape index (κ2) is 13.6. The van der Waals surface area contributed by atoms with Gasteiger partial charge in [0.25, 0.3) is 0 Å². The number of amides is 1. The highest BCUT2D eigenvalue weighted by Crippen LogP contribution is 2.30. The van der Waals surface area contributed by atoms with E-state index in [1.165, 1.54) is 7.05 Å². The van der Waals surface area contributed by atoms with E-state index in [9.17, 15) is 18.0 Å². The molecule has 0 radical (unpaired) electrons. The van der Waals surface area contributed by atoms with Crippen LogP contribution in [0, 0.1) is 0 Å². The van der Waals surface area contributed by atoms with Crippen LogP contribution in [0.25, 0.3) is 0 Å². The Labute approximate surface area is 232 Å². The first-order valence-electron chi connectivity index (χ1n) is 13.6. The van der Waals surface area contributed by atoms with Crippen molar-refractivity contribution < 1.29 is 18.0 Å². The number of hydrogen-bond donors (Lipinski definition) is 2. The van der Waals surface area contributed by atoms with Crippen molar-refractivity contribution in [3.8, 4) is 0 Å². The first-order chi connectivity index (χ1) is 19.2. The fourth-order valence-corrected chi connectivity index (χ4v) is 5.10. The molecular formula is C28H37F3N8O. The molecule has 0 bridgehead atoms. The molecule has 2 aliphatic heterocycles. The highest BCUT2D eigenvalue weighted by atomic mass is 19.4. The van der Waals surface area contributed by atoms with E-state index in [4.69, 9.17) is 5.73 Å². The number of alkyl halides is 3. The number of carbonyl (C=O) groups is 1. The molecule has 216 valence electrons. The van der Waals surface area contributed by atoms with E-state index in [1.54, 1.807) is 12.1 Å². The fourth-order valence-electron chi connectivity index (χ4n) is 5.10. The van der Waals surface area contributed by atoms with Crippen molar-refractivity contribution in [1.29, 1.82) is 0 Å². The van der Waals surface area contributed by atoms with Crippen molar-refractivity contribution in [1.82, 2.24) is 9.80 Å². The number of amidine groups is 1. The van der Waals surface area contributed by atoms with Gasteiger partial charge in [0.15, 0.2) is 5.84 Å². The number of benzene rings is 2. The summed E-state index contributed by atoms with van der Waals surface area (Å²) in [6, 6.07) is 13.4. The zero-order chi connectivity index (χ0) is 28.5. The number of piperidine rings is 1.